The van der Waals surface area contributed by atoms with Crippen molar-refractivity contribution in [2.45, 2.75) is 39.2 Å². The van der Waals surface area contributed by atoms with E-state index in [-0.39, 0.29) is 11.9 Å². The number of allylic oxidation sites excluding steroid dienone is 1. The molecule has 12 heavy (non-hydrogen) atoms. The molecule has 1 rings (SSSR count). The number of hydrogen-bond acceptors (Lipinski definition) is 2. The van der Waals surface area contributed by atoms with E-state index in [4.69, 9.17) is 4.74 Å². The Kier molecular flexibility index (Phi) is 3.48. The average molecular weight is 168 g/mol. The zero-order valence-corrected chi connectivity index (χ0v) is 7.80. The van der Waals surface area contributed by atoms with E-state index in [2.05, 4.69) is 0 Å². The molecule has 2 heteroatoms. The molecule has 0 spiro atoms. The number of ketones is 1. The SMILES string of the molecule is CC(=O)C(C)=C[C@@H]1CCCCO1. The summed E-state index contributed by atoms with van der Waals surface area (Å²) in [5.74, 6) is 0.143. The first kappa shape index (κ1) is 9.46. The van der Waals surface area contributed by atoms with E-state index < -0.39 is 0 Å². The minimum Gasteiger partial charge on any atom is -0.374 e. The molecule has 1 aliphatic rings. The molecule has 1 heterocycles. The lowest BCUT2D eigenvalue weighted by molar-refractivity contribution is -0.113. The molecule has 0 unspecified atom stereocenters. The fourth-order valence-corrected chi connectivity index (χ4v) is 1.29. The van der Waals surface area contributed by atoms with Gasteiger partial charge in [-0.2, -0.15) is 0 Å². The van der Waals surface area contributed by atoms with Crippen molar-refractivity contribution in [3.63, 3.8) is 0 Å². The first-order valence-electron chi connectivity index (χ1n) is 4.51. The fourth-order valence-electron chi connectivity index (χ4n) is 1.29. The number of Topliss-reactive ketones (excluding diaryl/α,β-unsaturated/α-hetero) is 1. The Morgan fingerprint density at radius 2 is 2.17 bits per heavy atom. The molecule has 1 aliphatic heterocycles. The molecule has 0 aliphatic carbocycles. The summed E-state index contributed by atoms with van der Waals surface area (Å²) in [6.07, 6.45) is 5.56. The number of ether oxygens (including phenoxy) is 1. The fraction of sp³-hybridized carbons (Fsp3) is 0.700. The summed E-state index contributed by atoms with van der Waals surface area (Å²) in [4.78, 5) is 10.9. The summed E-state index contributed by atoms with van der Waals surface area (Å²) in [7, 11) is 0. The lowest BCUT2D eigenvalue weighted by atomic mass is 10.1. The van der Waals surface area contributed by atoms with Crippen LogP contribution in [0.25, 0.3) is 0 Å². The van der Waals surface area contributed by atoms with Crippen LogP contribution in [-0.2, 0) is 9.53 Å². The highest BCUT2D eigenvalue weighted by Crippen LogP contribution is 2.15. The van der Waals surface area contributed by atoms with Gasteiger partial charge in [-0.15, -0.1) is 0 Å². The van der Waals surface area contributed by atoms with Crippen LogP contribution in [0.3, 0.4) is 0 Å². The summed E-state index contributed by atoms with van der Waals surface area (Å²) < 4.78 is 5.47. The van der Waals surface area contributed by atoms with Crippen LogP contribution in [0.1, 0.15) is 33.1 Å². The van der Waals surface area contributed by atoms with Crippen molar-refractivity contribution in [1.29, 1.82) is 0 Å². The molecule has 1 saturated heterocycles. The van der Waals surface area contributed by atoms with Crippen molar-refractivity contribution in [3.8, 4) is 0 Å². The molecule has 0 saturated carbocycles. The van der Waals surface area contributed by atoms with Gasteiger partial charge in [0.2, 0.25) is 0 Å². The smallest absolute Gasteiger partial charge is 0.155 e. The second-order valence-corrected chi connectivity index (χ2v) is 3.31. The van der Waals surface area contributed by atoms with E-state index in [0.717, 1.165) is 25.0 Å². The third-order valence-electron chi connectivity index (χ3n) is 2.21. The maximum atomic E-state index is 10.9. The van der Waals surface area contributed by atoms with Gasteiger partial charge in [0.05, 0.1) is 6.10 Å². The number of carbonyl (C=O) groups excluding carboxylic acids is 1. The van der Waals surface area contributed by atoms with Crippen LogP contribution >= 0.6 is 0 Å². The van der Waals surface area contributed by atoms with E-state index in [1.165, 1.54) is 6.42 Å². The zero-order chi connectivity index (χ0) is 8.97. The predicted molar refractivity (Wildman–Crippen MR) is 48.0 cm³/mol. The van der Waals surface area contributed by atoms with Crippen molar-refractivity contribution in [2.24, 2.45) is 0 Å². The summed E-state index contributed by atoms with van der Waals surface area (Å²) in [6, 6.07) is 0. The van der Waals surface area contributed by atoms with Crippen molar-refractivity contribution in [2.75, 3.05) is 6.61 Å². The van der Waals surface area contributed by atoms with Crippen molar-refractivity contribution in [1.82, 2.24) is 0 Å². The van der Waals surface area contributed by atoms with Crippen LogP contribution in [0.2, 0.25) is 0 Å². The van der Waals surface area contributed by atoms with Crippen LogP contribution in [-0.4, -0.2) is 18.5 Å². The lowest BCUT2D eigenvalue weighted by Gasteiger charge is -2.19. The van der Waals surface area contributed by atoms with Crippen molar-refractivity contribution >= 4 is 5.78 Å². The first-order valence-corrected chi connectivity index (χ1v) is 4.51. The number of rotatable bonds is 2. The van der Waals surface area contributed by atoms with Gasteiger partial charge in [-0.3, -0.25) is 4.79 Å². The molecule has 1 fully saturated rings. The summed E-state index contributed by atoms with van der Waals surface area (Å²) in [5, 5.41) is 0. The summed E-state index contributed by atoms with van der Waals surface area (Å²) >= 11 is 0. The van der Waals surface area contributed by atoms with E-state index >= 15 is 0 Å². The third-order valence-corrected chi connectivity index (χ3v) is 2.21. The highest BCUT2D eigenvalue weighted by molar-refractivity contribution is 5.92. The topological polar surface area (TPSA) is 26.3 Å². The molecule has 0 radical (unpaired) electrons. The molecule has 68 valence electrons. The minimum atomic E-state index is 0.143. The van der Waals surface area contributed by atoms with Crippen LogP contribution < -0.4 is 0 Å². The Balaban J connectivity index is 2.47. The largest absolute Gasteiger partial charge is 0.374 e. The Labute approximate surface area is 73.6 Å². The Bertz CT molecular complexity index is 188. The maximum Gasteiger partial charge on any atom is 0.155 e. The van der Waals surface area contributed by atoms with Crippen LogP contribution in [0.4, 0.5) is 0 Å². The van der Waals surface area contributed by atoms with Crippen LogP contribution in [0, 0.1) is 0 Å². The van der Waals surface area contributed by atoms with Gasteiger partial charge in [0.15, 0.2) is 5.78 Å². The molecule has 0 aromatic heterocycles. The normalized spacial score (nSPS) is 25.5. The first-order chi connectivity index (χ1) is 5.70. The highest BCUT2D eigenvalue weighted by atomic mass is 16.5. The van der Waals surface area contributed by atoms with E-state index in [1.54, 1.807) is 6.92 Å². The monoisotopic (exact) mass is 168 g/mol. The van der Waals surface area contributed by atoms with Crippen molar-refractivity contribution < 1.29 is 9.53 Å². The predicted octanol–water partition coefficient (Wildman–Crippen LogP) is 2.09. The molecule has 0 amide bonds. The molecule has 0 N–H and O–H groups in total. The summed E-state index contributed by atoms with van der Waals surface area (Å²) in [6.45, 7) is 4.28. The maximum absolute atomic E-state index is 10.9. The van der Waals surface area contributed by atoms with Gasteiger partial charge < -0.3 is 4.74 Å². The molecule has 0 bridgehead atoms. The molecule has 0 aromatic rings. The van der Waals surface area contributed by atoms with Crippen molar-refractivity contribution in [3.05, 3.63) is 11.6 Å². The summed E-state index contributed by atoms with van der Waals surface area (Å²) in [5.41, 5.74) is 0.821. The van der Waals surface area contributed by atoms with Gasteiger partial charge in [0.1, 0.15) is 0 Å². The second-order valence-electron chi connectivity index (χ2n) is 3.31. The average Bonchev–Trinajstić information content (AvgIpc) is 2.06. The second kappa shape index (κ2) is 4.41. The Hall–Kier alpha value is -0.630. The molecular formula is C10H16O2. The molecule has 2 nitrogen and oxygen atoms in total. The Morgan fingerprint density at radius 3 is 2.67 bits per heavy atom. The van der Waals surface area contributed by atoms with E-state index in [0.29, 0.717) is 0 Å². The number of hydrogen-bond donors (Lipinski definition) is 0. The third kappa shape index (κ3) is 2.78. The van der Waals surface area contributed by atoms with E-state index in [9.17, 15) is 4.79 Å². The van der Waals surface area contributed by atoms with Gasteiger partial charge in [0.25, 0.3) is 0 Å². The van der Waals surface area contributed by atoms with Gasteiger partial charge in [-0.25, -0.2) is 0 Å². The lowest BCUT2D eigenvalue weighted by Crippen LogP contribution is -2.17. The molecule has 1 atom stereocenters. The molecule has 0 aromatic carbocycles. The van der Waals surface area contributed by atoms with Gasteiger partial charge in [-0.1, -0.05) is 0 Å². The zero-order valence-electron chi connectivity index (χ0n) is 7.80. The highest BCUT2D eigenvalue weighted by Gasteiger charge is 2.11. The molecular weight excluding hydrogens is 152 g/mol. The standard InChI is InChI=1S/C10H16O2/c1-8(9(2)11)7-10-5-3-4-6-12-10/h7,10H,3-6H2,1-2H3/t10-/m0/s1. The van der Waals surface area contributed by atoms with Crippen LogP contribution in [0.5, 0.6) is 0 Å². The van der Waals surface area contributed by atoms with E-state index in [1.807, 2.05) is 13.0 Å². The van der Waals surface area contributed by atoms with Gasteiger partial charge in [-0.05, 0) is 44.8 Å². The van der Waals surface area contributed by atoms with Gasteiger partial charge in [0, 0.05) is 6.61 Å². The van der Waals surface area contributed by atoms with Gasteiger partial charge >= 0.3 is 0 Å². The number of carbonyl (C=O) groups is 1. The minimum absolute atomic E-state index is 0.143. The quantitative estimate of drug-likeness (QED) is 0.590. The van der Waals surface area contributed by atoms with Crippen LogP contribution in [0.15, 0.2) is 11.6 Å². The Morgan fingerprint density at radius 1 is 1.42 bits per heavy atom.